The second-order valence-corrected chi connectivity index (χ2v) is 4.82. The molecule has 0 spiro atoms. The molecule has 1 aromatic carbocycles. The van der Waals surface area contributed by atoms with Crippen molar-refractivity contribution in [3.05, 3.63) is 29.8 Å². The maximum atomic E-state index is 5.21. The third-order valence-electron chi connectivity index (χ3n) is 2.58. The maximum absolute atomic E-state index is 5.21. The summed E-state index contributed by atoms with van der Waals surface area (Å²) in [6.45, 7) is 8.85. The first kappa shape index (κ1) is 19.0. The molecule has 0 fully saturated rings. The molecule has 1 aromatic rings. The van der Waals surface area contributed by atoms with Gasteiger partial charge in [-0.15, -0.1) is 24.0 Å². The van der Waals surface area contributed by atoms with Gasteiger partial charge in [-0.05, 0) is 30.5 Å². The fourth-order valence-corrected chi connectivity index (χ4v) is 1.58. The van der Waals surface area contributed by atoms with Gasteiger partial charge in [-0.25, -0.2) is 4.99 Å². The van der Waals surface area contributed by atoms with Gasteiger partial charge in [0, 0.05) is 13.1 Å². The van der Waals surface area contributed by atoms with Crippen molar-refractivity contribution in [1.29, 1.82) is 0 Å². The highest BCUT2D eigenvalue weighted by Gasteiger charge is 2.00. The molecular weight excluding hydrogens is 365 g/mol. The van der Waals surface area contributed by atoms with E-state index in [-0.39, 0.29) is 24.0 Å². The van der Waals surface area contributed by atoms with Crippen LogP contribution in [0, 0.1) is 5.92 Å². The number of rotatable bonds is 6. The van der Waals surface area contributed by atoms with Crippen molar-refractivity contribution in [3.8, 4) is 5.75 Å². The molecule has 0 aliphatic rings. The average molecular weight is 391 g/mol. The summed E-state index contributed by atoms with van der Waals surface area (Å²) in [7, 11) is 1.68. The third-order valence-corrected chi connectivity index (χ3v) is 2.58. The van der Waals surface area contributed by atoms with Gasteiger partial charge in [0.05, 0.1) is 13.7 Å². The molecule has 0 heterocycles. The Kier molecular flexibility index (Phi) is 10.2. The number of halogens is 1. The summed E-state index contributed by atoms with van der Waals surface area (Å²) >= 11 is 0. The van der Waals surface area contributed by atoms with E-state index in [1.54, 1.807) is 7.11 Å². The van der Waals surface area contributed by atoms with Crippen LogP contribution in [0.2, 0.25) is 0 Å². The lowest BCUT2D eigenvalue weighted by Gasteiger charge is -2.13. The maximum Gasteiger partial charge on any atom is 0.191 e. The number of hydrogen-bond donors (Lipinski definition) is 2. The first-order valence-corrected chi connectivity index (χ1v) is 6.80. The summed E-state index contributed by atoms with van der Waals surface area (Å²) in [5, 5.41) is 6.57. The van der Waals surface area contributed by atoms with E-state index in [0.717, 1.165) is 30.4 Å². The van der Waals surface area contributed by atoms with Crippen LogP contribution in [0.4, 0.5) is 0 Å². The van der Waals surface area contributed by atoms with Crippen molar-refractivity contribution in [2.75, 3.05) is 20.2 Å². The van der Waals surface area contributed by atoms with E-state index >= 15 is 0 Å². The van der Waals surface area contributed by atoms with E-state index in [1.165, 1.54) is 0 Å². The zero-order valence-corrected chi connectivity index (χ0v) is 15.1. The quantitative estimate of drug-likeness (QED) is 0.445. The third kappa shape index (κ3) is 7.57. The molecule has 5 heteroatoms. The Balaban J connectivity index is 0.00000361. The van der Waals surface area contributed by atoms with Crippen molar-refractivity contribution in [2.24, 2.45) is 10.9 Å². The van der Waals surface area contributed by atoms with Gasteiger partial charge in [-0.1, -0.05) is 26.0 Å². The fourth-order valence-electron chi connectivity index (χ4n) is 1.58. The van der Waals surface area contributed by atoms with Crippen molar-refractivity contribution in [1.82, 2.24) is 10.6 Å². The molecule has 0 aliphatic carbocycles. The van der Waals surface area contributed by atoms with Gasteiger partial charge in [0.1, 0.15) is 5.75 Å². The summed E-state index contributed by atoms with van der Waals surface area (Å²) < 4.78 is 5.21. The van der Waals surface area contributed by atoms with Crippen molar-refractivity contribution < 1.29 is 4.74 Å². The number of ether oxygens (including phenoxy) is 1. The molecule has 0 aromatic heterocycles. The van der Waals surface area contributed by atoms with Crippen LogP contribution in [-0.4, -0.2) is 26.2 Å². The highest BCUT2D eigenvalue weighted by atomic mass is 127. The van der Waals surface area contributed by atoms with E-state index in [1.807, 2.05) is 18.2 Å². The Morgan fingerprint density at radius 2 is 2.05 bits per heavy atom. The van der Waals surface area contributed by atoms with Crippen LogP contribution in [0.25, 0.3) is 0 Å². The van der Waals surface area contributed by atoms with E-state index in [9.17, 15) is 0 Å². The zero-order valence-electron chi connectivity index (χ0n) is 12.8. The molecule has 2 N–H and O–H groups in total. The molecular formula is C15H26IN3O. The van der Waals surface area contributed by atoms with Crippen LogP contribution >= 0.6 is 24.0 Å². The minimum Gasteiger partial charge on any atom is -0.497 e. The van der Waals surface area contributed by atoms with Gasteiger partial charge in [0.15, 0.2) is 5.96 Å². The van der Waals surface area contributed by atoms with E-state index in [4.69, 9.17) is 4.74 Å². The number of methoxy groups -OCH3 is 1. The van der Waals surface area contributed by atoms with Crippen LogP contribution in [0.1, 0.15) is 26.3 Å². The van der Waals surface area contributed by atoms with Gasteiger partial charge in [0.2, 0.25) is 0 Å². The largest absolute Gasteiger partial charge is 0.497 e. The SMILES string of the molecule is CCNC(=NCc1cccc(OC)c1)NCC(C)C.I. The lowest BCUT2D eigenvalue weighted by atomic mass is 10.2. The molecule has 0 saturated heterocycles. The highest BCUT2D eigenvalue weighted by Crippen LogP contribution is 2.13. The van der Waals surface area contributed by atoms with Crippen LogP contribution < -0.4 is 15.4 Å². The van der Waals surface area contributed by atoms with Crippen LogP contribution in [0.5, 0.6) is 5.75 Å². The second kappa shape index (κ2) is 10.8. The van der Waals surface area contributed by atoms with Gasteiger partial charge < -0.3 is 15.4 Å². The van der Waals surface area contributed by atoms with Crippen LogP contribution in [0.15, 0.2) is 29.3 Å². The van der Waals surface area contributed by atoms with Crippen LogP contribution in [0.3, 0.4) is 0 Å². The van der Waals surface area contributed by atoms with Gasteiger partial charge in [0.25, 0.3) is 0 Å². The van der Waals surface area contributed by atoms with E-state index in [2.05, 4.69) is 42.5 Å². The zero-order chi connectivity index (χ0) is 14.1. The first-order valence-electron chi connectivity index (χ1n) is 6.80. The summed E-state index contributed by atoms with van der Waals surface area (Å²) in [4.78, 5) is 4.57. The number of guanidine groups is 1. The van der Waals surface area contributed by atoms with Crippen molar-refractivity contribution >= 4 is 29.9 Å². The smallest absolute Gasteiger partial charge is 0.191 e. The fraction of sp³-hybridized carbons (Fsp3) is 0.533. The standard InChI is InChI=1S/C15H25N3O.HI/c1-5-16-15(17-10-12(2)3)18-11-13-7-6-8-14(9-13)19-4;/h6-9,12H,5,10-11H2,1-4H3,(H2,16,17,18);1H. The topological polar surface area (TPSA) is 45.7 Å². The molecule has 0 saturated carbocycles. The Morgan fingerprint density at radius 3 is 2.65 bits per heavy atom. The Hall–Kier alpha value is -0.980. The predicted octanol–water partition coefficient (Wildman–Crippen LogP) is 3.02. The van der Waals surface area contributed by atoms with E-state index in [0.29, 0.717) is 12.5 Å². The van der Waals surface area contributed by atoms with Crippen LogP contribution in [-0.2, 0) is 6.54 Å². The van der Waals surface area contributed by atoms with Crippen molar-refractivity contribution in [3.63, 3.8) is 0 Å². The lowest BCUT2D eigenvalue weighted by Crippen LogP contribution is -2.39. The Labute approximate surface area is 139 Å². The summed E-state index contributed by atoms with van der Waals surface area (Å²) in [6, 6.07) is 7.99. The molecule has 0 unspecified atom stereocenters. The first-order chi connectivity index (χ1) is 9.15. The predicted molar refractivity (Wildman–Crippen MR) is 96.1 cm³/mol. The highest BCUT2D eigenvalue weighted by molar-refractivity contribution is 14.0. The number of benzene rings is 1. The number of nitrogens with zero attached hydrogens (tertiary/aromatic N) is 1. The molecule has 4 nitrogen and oxygen atoms in total. The molecule has 0 bridgehead atoms. The Morgan fingerprint density at radius 1 is 1.30 bits per heavy atom. The number of nitrogens with one attached hydrogen (secondary N) is 2. The molecule has 0 amide bonds. The Bertz CT molecular complexity index is 408. The summed E-state index contributed by atoms with van der Waals surface area (Å²) in [5.74, 6) is 2.33. The molecule has 114 valence electrons. The molecule has 20 heavy (non-hydrogen) atoms. The lowest BCUT2D eigenvalue weighted by molar-refractivity contribution is 0.414. The molecule has 1 rings (SSSR count). The molecule has 0 radical (unpaired) electrons. The molecule has 0 atom stereocenters. The average Bonchev–Trinajstić information content (AvgIpc) is 2.42. The van der Waals surface area contributed by atoms with Gasteiger partial charge in [-0.2, -0.15) is 0 Å². The monoisotopic (exact) mass is 391 g/mol. The normalized spacial score (nSPS) is 10.9. The minimum absolute atomic E-state index is 0. The van der Waals surface area contributed by atoms with E-state index < -0.39 is 0 Å². The number of aliphatic imine (C=N–C) groups is 1. The van der Waals surface area contributed by atoms with Gasteiger partial charge >= 0.3 is 0 Å². The van der Waals surface area contributed by atoms with Crippen molar-refractivity contribution in [2.45, 2.75) is 27.3 Å². The van der Waals surface area contributed by atoms with Gasteiger partial charge in [-0.3, -0.25) is 0 Å². The summed E-state index contributed by atoms with van der Waals surface area (Å²) in [5.41, 5.74) is 1.14. The number of hydrogen-bond acceptors (Lipinski definition) is 2. The second-order valence-electron chi connectivity index (χ2n) is 4.82. The molecule has 0 aliphatic heterocycles. The minimum atomic E-state index is 0. The summed E-state index contributed by atoms with van der Waals surface area (Å²) in [6.07, 6.45) is 0.